The Kier molecular flexibility index (Phi) is 4.94. The summed E-state index contributed by atoms with van der Waals surface area (Å²) < 4.78 is 0. The number of hydrogen-bond acceptors (Lipinski definition) is 2. The third kappa shape index (κ3) is 3.09. The van der Waals surface area contributed by atoms with E-state index in [1.807, 2.05) is 6.07 Å². The first-order chi connectivity index (χ1) is 9.65. The van der Waals surface area contributed by atoms with Gasteiger partial charge in [-0.3, -0.25) is 4.79 Å². The van der Waals surface area contributed by atoms with E-state index in [9.17, 15) is 14.7 Å². The zero-order chi connectivity index (χ0) is 14.5. The maximum Gasteiger partial charge on any atom is 0.310 e. The van der Waals surface area contributed by atoms with E-state index in [0.29, 0.717) is 19.3 Å². The molecule has 1 unspecified atom stereocenters. The fourth-order valence-electron chi connectivity index (χ4n) is 3.23. The van der Waals surface area contributed by atoms with Crippen molar-refractivity contribution in [2.45, 2.75) is 57.8 Å². The summed E-state index contributed by atoms with van der Waals surface area (Å²) in [5.41, 5.74) is 4.83. The molecule has 0 bridgehead atoms. The predicted octanol–water partition coefficient (Wildman–Crippen LogP) is 3.41. The molecule has 0 saturated heterocycles. The average Bonchev–Trinajstić information content (AvgIpc) is 2.45. The first kappa shape index (κ1) is 14.8. The van der Waals surface area contributed by atoms with Crippen LogP contribution < -0.4 is 0 Å². The first-order valence-corrected chi connectivity index (χ1v) is 7.43. The third-order valence-electron chi connectivity index (χ3n) is 4.35. The number of hydrogen-bond donors (Lipinski definition) is 1. The van der Waals surface area contributed by atoms with Crippen LogP contribution in [0.15, 0.2) is 12.1 Å². The van der Waals surface area contributed by atoms with Crippen LogP contribution in [0, 0.1) is 6.92 Å². The summed E-state index contributed by atoms with van der Waals surface area (Å²) in [6, 6.07) is 4.09. The van der Waals surface area contributed by atoms with E-state index in [2.05, 4.69) is 13.0 Å². The second-order valence-electron chi connectivity index (χ2n) is 5.61. The van der Waals surface area contributed by atoms with Crippen molar-refractivity contribution in [3.63, 3.8) is 0 Å². The summed E-state index contributed by atoms with van der Waals surface area (Å²) in [5, 5.41) is 9.47. The van der Waals surface area contributed by atoms with Crippen LogP contribution in [0.5, 0.6) is 0 Å². The van der Waals surface area contributed by atoms with Crippen molar-refractivity contribution in [2.24, 2.45) is 0 Å². The molecule has 0 saturated carbocycles. The Morgan fingerprint density at radius 1 is 1.35 bits per heavy atom. The highest BCUT2D eigenvalue weighted by molar-refractivity contribution is 5.77. The van der Waals surface area contributed by atoms with Crippen LogP contribution in [0.2, 0.25) is 0 Å². The Morgan fingerprint density at radius 2 is 2.10 bits per heavy atom. The van der Waals surface area contributed by atoms with Crippen molar-refractivity contribution in [3.8, 4) is 0 Å². The molecule has 0 aliphatic heterocycles. The van der Waals surface area contributed by atoms with Gasteiger partial charge in [0.25, 0.3) is 0 Å². The molecule has 0 heterocycles. The number of fused-ring (bicyclic) bond motifs is 1. The molecular weight excluding hydrogens is 252 g/mol. The molecule has 1 atom stereocenters. The molecule has 1 N–H and O–H groups in total. The number of carboxylic acid groups (broad SMARTS) is 1. The molecule has 1 aromatic carbocycles. The monoisotopic (exact) mass is 274 g/mol. The summed E-state index contributed by atoms with van der Waals surface area (Å²) in [6.45, 7) is 2.05. The minimum absolute atomic E-state index is 0.438. The molecule has 0 spiro atoms. The number of carbonyl (C=O) groups excluding carboxylic acids is 1. The number of carboxylic acids is 1. The van der Waals surface area contributed by atoms with Crippen LogP contribution in [0.3, 0.4) is 0 Å². The van der Waals surface area contributed by atoms with Crippen LogP contribution in [-0.4, -0.2) is 17.4 Å². The number of aryl methyl sites for hydroxylation is 1. The Morgan fingerprint density at radius 3 is 2.80 bits per heavy atom. The molecule has 1 aliphatic carbocycles. The van der Waals surface area contributed by atoms with Gasteiger partial charge in [-0.25, -0.2) is 0 Å². The molecule has 3 nitrogen and oxygen atoms in total. The Balaban J connectivity index is 2.28. The van der Waals surface area contributed by atoms with E-state index >= 15 is 0 Å². The maximum absolute atomic E-state index is 11.5. The van der Waals surface area contributed by atoms with Gasteiger partial charge in [-0.15, -0.1) is 0 Å². The lowest BCUT2D eigenvalue weighted by molar-refractivity contribution is -0.139. The fraction of sp³-hybridized carbons (Fsp3) is 0.529. The van der Waals surface area contributed by atoms with Crippen molar-refractivity contribution in [1.82, 2.24) is 0 Å². The minimum atomic E-state index is -0.783. The highest BCUT2D eigenvalue weighted by Crippen LogP contribution is 2.32. The van der Waals surface area contributed by atoms with Gasteiger partial charge in [0.2, 0.25) is 0 Å². The zero-order valence-electron chi connectivity index (χ0n) is 12.0. The highest BCUT2D eigenvalue weighted by Gasteiger charge is 2.24. The van der Waals surface area contributed by atoms with Crippen LogP contribution in [0.1, 0.15) is 60.3 Å². The Labute approximate surface area is 120 Å². The lowest BCUT2D eigenvalue weighted by Gasteiger charge is -2.23. The molecule has 20 heavy (non-hydrogen) atoms. The SMILES string of the molecule is Cc1c(C(CCCC=O)C(=O)O)ccc2c1CCCC2. The summed E-state index contributed by atoms with van der Waals surface area (Å²) in [5.74, 6) is -1.27. The highest BCUT2D eigenvalue weighted by atomic mass is 16.4. The quantitative estimate of drug-likeness (QED) is 0.639. The van der Waals surface area contributed by atoms with Crippen LogP contribution >= 0.6 is 0 Å². The number of rotatable bonds is 6. The summed E-state index contributed by atoms with van der Waals surface area (Å²) in [7, 11) is 0. The van der Waals surface area contributed by atoms with Gasteiger partial charge in [-0.1, -0.05) is 12.1 Å². The minimum Gasteiger partial charge on any atom is -0.481 e. The lowest BCUT2D eigenvalue weighted by atomic mass is 9.82. The van der Waals surface area contributed by atoms with Gasteiger partial charge in [0.05, 0.1) is 5.92 Å². The third-order valence-corrected chi connectivity index (χ3v) is 4.35. The van der Waals surface area contributed by atoms with E-state index in [0.717, 1.165) is 30.3 Å². The topological polar surface area (TPSA) is 54.4 Å². The normalized spacial score (nSPS) is 15.4. The van der Waals surface area contributed by atoms with E-state index < -0.39 is 11.9 Å². The van der Waals surface area contributed by atoms with E-state index in [1.165, 1.54) is 24.0 Å². The zero-order valence-corrected chi connectivity index (χ0v) is 12.0. The average molecular weight is 274 g/mol. The Hall–Kier alpha value is -1.64. The molecule has 0 amide bonds. The summed E-state index contributed by atoms with van der Waals surface area (Å²) in [4.78, 5) is 21.9. The predicted molar refractivity (Wildman–Crippen MR) is 78.1 cm³/mol. The standard InChI is InChI=1S/C17H22O3/c1-12-14-7-3-2-6-13(14)9-10-15(12)16(17(19)20)8-4-5-11-18/h9-11,16H,2-8H2,1H3,(H,19,20). The van der Waals surface area contributed by atoms with Crippen molar-refractivity contribution >= 4 is 12.3 Å². The maximum atomic E-state index is 11.5. The second-order valence-corrected chi connectivity index (χ2v) is 5.61. The molecular formula is C17H22O3. The summed E-state index contributed by atoms with van der Waals surface area (Å²) >= 11 is 0. The van der Waals surface area contributed by atoms with Crippen molar-refractivity contribution in [1.29, 1.82) is 0 Å². The van der Waals surface area contributed by atoms with Crippen LogP contribution in [0.25, 0.3) is 0 Å². The number of unbranched alkanes of at least 4 members (excludes halogenated alkanes) is 1. The molecule has 0 radical (unpaired) electrons. The number of aldehydes is 1. The smallest absolute Gasteiger partial charge is 0.310 e. The van der Waals surface area contributed by atoms with Crippen LogP contribution in [0.4, 0.5) is 0 Å². The van der Waals surface area contributed by atoms with Gasteiger partial charge in [-0.05, 0) is 67.7 Å². The molecule has 2 rings (SSSR count). The van der Waals surface area contributed by atoms with E-state index in [4.69, 9.17) is 0 Å². The van der Waals surface area contributed by atoms with Crippen molar-refractivity contribution in [2.75, 3.05) is 0 Å². The van der Waals surface area contributed by atoms with Gasteiger partial charge < -0.3 is 9.90 Å². The molecule has 0 aromatic heterocycles. The van der Waals surface area contributed by atoms with Gasteiger partial charge >= 0.3 is 5.97 Å². The number of benzene rings is 1. The number of carbonyl (C=O) groups is 2. The van der Waals surface area contributed by atoms with Gasteiger partial charge in [0, 0.05) is 6.42 Å². The largest absolute Gasteiger partial charge is 0.481 e. The van der Waals surface area contributed by atoms with Crippen molar-refractivity contribution < 1.29 is 14.7 Å². The molecule has 1 aliphatic rings. The number of aliphatic carboxylic acids is 1. The van der Waals surface area contributed by atoms with Gasteiger partial charge in [0.1, 0.15) is 6.29 Å². The van der Waals surface area contributed by atoms with Gasteiger partial charge in [0.15, 0.2) is 0 Å². The second kappa shape index (κ2) is 6.69. The van der Waals surface area contributed by atoms with Gasteiger partial charge in [-0.2, -0.15) is 0 Å². The lowest BCUT2D eigenvalue weighted by Crippen LogP contribution is -2.15. The molecule has 0 fully saturated rings. The van der Waals surface area contributed by atoms with Crippen LogP contribution in [-0.2, 0) is 22.4 Å². The van der Waals surface area contributed by atoms with Crippen molar-refractivity contribution in [3.05, 3.63) is 34.4 Å². The molecule has 3 heteroatoms. The first-order valence-electron chi connectivity index (χ1n) is 7.43. The van der Waals surface area contributed by atoms with E-state index in [1.54, 1.807) is 0 Å². The Bertz CT molecular complexity index is 505. The summed E-state index contributed by atoms with van der Waals surface area (Å²) in [6.07, 6.45) is 7.07. The van der Waals surface area contributed by atoms with E-state index in [-0.39, 0.29) is 0 Å². The molecule has 108 valence electrons. The fourth-order valence-corrected chi connectivity index (χ4v) is 3.23. The molecule has 1 aromatic rings.